The van der Waals surface area contributed by atoms with Crippen molar-refractivity contribution >= 4 is 11.4 Å². The lowest BCUT2D eigenvalue weighted by atomic mass is 10.2. The summed E-state index contributed by atoms with van der Waals surface area (Å²) < 4.78 is 7.31. The summed E-state index contributed by atoms with van der Waals surface area (Å²) >= 11 is 0. The lowest BCUT2D eigenvalue weighted by Crippen LogP contribution is -2.16. The average molecular weight is 260 g/mol. The summed E-state index contributed by atoms with van der Waals surface area (Å²) in [5.74, 6) is 0.801. The van der Waals surface area contributed by atoms with Crippen molar-refractivity contribution < 1.29 is 4.74 Å². The van der Waals surface area contributed by atoms with E-state index in [0.717, 1.165) is 23.5 Å². The van der Waals surface area contributed by atoms with Crippen LogP contribution >= 0.6 is 0 Å². The van der Waals surface area contributed by atoms with Gasteiger partial charge in [0, 0.05) is 55.9 Å². The lowest BCUT2D eigenvalue weighted by molar-refractivity contribution is 0.340. The van der Waals surface area contributed by atoms with Crippen LogP contribution in [0.15, 0.2) is 30.6 Å². The van der Waals surface area contributed by atoms with Crippen molar-refractivity contribution in [1.29, 1.82) is 0 Å². The molecule has 0 bridgehead atoms. The summed E-state index contributed by atoms with van der Waals surface area (Å²) in [6, 6.07) is 5.78. The lowest BCUT2D eigenvalue weighted by Gasteiger charge is -2.20. The van der Waals surface area contributed by atoms with Gasteiger partial charge in [0.2, 0.25) is 0 Å². The van der Waals surface area contributed by atoms with Crippen molar-refractivity contribution in [3.63, 3.8) is 0 Å². The molecule has 0 amide bonds. The molecule has 0 atom stereocenters. The zero-order chi connectivity index (χ0) is 13.8. The molecule has 0 unspecified atom stereocenters. The van der Waals surface area contributed by atoms with E-state index in [1.54, 1.807) is 4.68 Å². The van der Waals surface area contributed by atoms with Crippen molar-refractivity contribution in [3.8, 4) is 5.75 Å². The number of aryl methyl sites for hydroxylation is 1. The Kier molecular flexibility index (Phi) is 3.94. The van der Waals surface area contributed by atoms with E-state index >= 15 is 0 Å². The van der Waals surface area contributed by atoms with Crippen LogP contribution in [0.1, 0.15) is 12.5 Å². The minimum absolute atomic E-state index is 0.634. The standard InChI is InChI=1S/C14H20N4O/c1-4-19-14-6-12(15)5-13(7-14)17(2)9-11-8-16-18(3)10-11/h5-8,10H,4,9,15H2,1-3H3. The quantitative estimate of drug-likeness (QED) is 0.836. The van der Waals surface area contributed by atoms with Crippen molar-refractivity contribution in [3.05, 3.63) is 36.2 Å². The van der Waals surface area contributed by atoms with E-state index in [2.05, 4.69) is 10.00 Å². The van der Waals surface area contributed by atoms with Gasteiger partial charge < -0.3 is 15.4 Å². The second kappa shape index (κ2) is 5.65. The van der Waals surface area contributed by atoms with Crippen LogP contribution in [0.25, 0.3) is 0 Å². The maximum Gasteiger partial charge on any atom is 0.123 e. The molecule has 5 heteroatoms. The molecule has 1 aromatic heterocycles. The first-order chi connectivity index (χ1) is 9.08. The Morgan fingerprint density at radius 2 is 2.16 bits per heavy atom. The molecule has 1 aromatic carbocycles. The molecule has 2 N–H and O–H groups in total. The van der Waals surface area contributed by atoms with Crippen LogP contribution in [0.5, 0.6) is 5.75 Å². The van der Waals surface area contributed by atoms with Crippen LogP contribution in [0.4, 0.5) is 11.4 Å². The number of hydrogen-bond donors (Lipinski definition) is 1. The third-order valence-corrected chi connectivity index (χ3v) is 2.84. The number of benzene rings is 1. The number of nitrogen functional groups attached to an aromatic ring is 1. The molecule has 0 radical (unpaired) electrons. The molecule has 0 aliphatic rings. The van der Waals surface area contributed by atoms with Gasteiger partial charge in [-0.25, -0.2) is 0 Å². The van der Waals surface area contributed by atoms with Gasteiger partial charge in [-0.1, -0.05) is 0 Å². The molecule has 0 saturated carbocycles. The third-order valence-electron chi connectivity index (χ3n) is 2.84. The summed E-state index contributed by atoms with van der Waals surface area (Å²) in [5, 5.41) is 4.17. The number of nitrogens with two attached hydrogens (primary N) is 1. The number of rotatable bonds is 5. The number of ether oxygens (including phenoxy) is 1. The fourth-order valence-corrected chi connectivity index (χ4v) is 1.99. The fourth-order valence-electron chi connectivity index (χ4n) is 1.99. The minimum Gasteiger partial charge on any atom is -0.494 e. The summed E-state index contributed by atoms with van der Waals surface area (Å²) in [5.41, 5.74) is 8.80. The molecular weight excluding hydrogens is 240 g/mol. The molecule has 2 aromatic rings. The first kappa shape index (κ1) is 13.3. The van der Waals surface area contributed by atoms with Crippen LogP contribution in [-0.4, -0.2) is 23.4 Å². The Morgan fingerprint density at radius 1 is 1.37 bits per heavy atom. The molecule has 102 valence electrons. The predicted octanol–water partition coefficient (Wildman–Crippen LogP) is 2.04. The highest BCUT2D eigenvalue weighted by Gasteiger charge is 2.07. The molecule has 5 nitrogen and oxygen atoms in total. The van der Waals surface area contributed by atoms with E-state index in [9.17, 15) is 0 Å². The second-order valence-corrected chi connectivity index (χ2v) is 4.57. The normalized spacial score (nSPS) is 10.5. The molecule has 0 aliphatic carbocycles. The van der Waals surface area contributed by atoms with Gasteiger partial charge in [0.1, 0.15) is 5.75 Å². The van der Waals surface area contributed by atoms with Crippen molar-refractivity contribution in [2.75, 3.05) is 24.3 Å². The SMILES string of the molecule is CCOc1cc(N)cc(N(C)Cc2cnn(C)c2)c1. The third kappa shape index (κ3) is 3.40. The van der Waals surface area contributed by atoms with Gasteiger partial charge in [-0.2, -0.15) is 5.10 Å². The summed E-state index contributed by atoms with van der Waals surface area (Å²) in [4.78, 5) is 2.12. The average Bonchev–Trinajstić information content (AvgIpc) is 2.74. The van der Waals surface area contributed by atoms with Gasteiger partial charge in [0.15, 0.2) is 0 Å². The largest absolute Gasteiger partial charge is 0.494 e. The Balaban J connectivity index is 2.15. The molecule has 0 aliphatic heterocycles. The van der Waals surface area contributed by atoms with Crippen molar-refractivity contribution in [1.82, 2.24) is 9.78 Å². The van der Waals surface area contributed by atoms with Gasteiger partial charge in [0.25, 0.3) is 0 Å². The summed E-state index contributed by atoms with van der Waals surface area (Å²) in [6.45, 7) is 3.38. The zero-order valence-electron chi connectivity index (χ0n) is 11.6. The number of aromatic nitrogens is 2. The highest BCUT2D eigenvalue weighted by atomic mass is 16.5. The molecule has 2 rings (SSSR count). The van der Waals surface area contributed by atoms with E-state index in [1.165, 1.54) is 0 Å². The molecule has 0 fully saturated rings. The van der Waals surface area contributed by atoms with E-state index in [-0.39, 0.29) is 0 Å². The summed E-state index contributed by atoms with van der Waals surface area (Å²) in [7, 11) is 3.94. The number of hydrogen-bond acceptors (Lipinski definition) is 4. The molecule has 19 heavy (non-hydrogen) atoms. The van der Waals surface area contributed by atoms with E-state index < -0.39 is 0 Å². The highest BCUT2D eigenvalue weighted by molar-refractivity contribution is 5.60. The minimum atomic E-state index is 0.634. The van der Waals surface area contributed by atoms with Crippen molar-refractivity contribution in [2.45, 2.75) is 13.5 Å². The van der Waals surface area contributed by atoms with E-state index in [1.807, 2.05) is 51.6 Å². The first-order valence-electron chi connectivity index (χ1n) is 6.30. The molecule has 0 saturated heterocycles. The van der Waals surface area contributed by atoms with Crippen LogP contribution in [0, 0.1) is 0 Å². The van der Waals surface area contributed by atoms with Gasteiger partial charge in [0.05, 0.1) is 12.8 Å². The topological polar surface area (TPSA) is 56.3 Å². The second-order valence-electron chi connectivity index (χ2n) is 4.57. The molecular formula is C14H20N4O. The molecule has 1 heterocycles. The van der Waals surface area contributed by atoms with Crippen LogP contribution in [0.2, 0.25) is 0 Å². The maximum atomic E-state index is 5.90. The van der Waals surface area contributed by atoms with Gasteiger partial charge in [-0.05, 0) is 13.0 Å². The fraction of sp³-hybridized carbons (Fsp3) is 0.357. The first-order valence-corrected chi connectivity index (χ1v) is 6.30. The Morgan fingerprint density at radius 3 is 2.79 bits per heavy atom. The van der Waals surface area contributed by atoms with Gasteiger partial charge >= 0.3 is 0 Å². The van der Waals surface area contributed by atoms with Gasteiger partial charge in [-0.3, -0.25) is 4.68 Å². The number of anilines is 2. The smallest absolute Gasteiger partial charge is 0.123 e. The molecule has 0 spiro atoms. The summed E-state index contributed by atoms with van der Waals surface area (Å²) in [6.07, 6.45) is 3.87. The van der Waals surface area contributed by atoms with Crippen LogP contribution in [-0.2, 0) is 13.6 Å². The van der Waals surface area contributed by atoms with E-state index in [4.69, 9.17) is 10.5 Å². The Bertz CT molecular complexity index is 550. The highest BCUT2D eigenvalue weighted by Crippen LogP contribution is 2.25. The van der Waals surface area contributed by atoms with Crippen LogP contribution in [0.3, 0.4) is 0 Å². The van der Waals surface area contributed by atoms with Crippen LogP contribution < -0.4 is 15.4 Å². The predicted molar refractivity (Wildman–Crippen MR) is 77.3 cm³/mol. The number of nitrogens with zero attached hydrogens (tertiary/aromatic N) is 3. The Labute approximate surface area is 113 Å². The monoisotopic (exact) mass is 260 g/mol. The van der Waals surface area contributed by atoms with Crippen molar-refractivity contribution in [2.24, 2.45) is 7.05 Å². The maximum absolute atomic E-state index is 5.90. The zero-order valence-corrected chi connectivity index (χ0v) is 11.6. The Hall–Kier alpha value is -2.17. The van der Waals surface area contributed by atoms with Gasteiger partial charge in [-0.15, -0.1) is 0 Å². The van der Waals surface area contributed by atoms with E-state index in [0.29, 0.717) is 12.3 Å².